The van der Waals surface area contributed by atoms with Gasteiger partial charge in [0.05, 0.1) is 6.10 Å². The Morgan fingerprint density at radius 2 is 1.95 bits per heavy atom. The number of urea groups is 1. The fourth-order valence-electron chi connectivity index (χ4n) is 2.49. The molecule has 1 fully saturated rings. The van der Waals surface area contributed by atoms with Gasteiger partial charge in [-0.3, -0.25) is 0 Å². The van der Waals surface area contributed by atoms with Gasteiger partial charge in [0, 0.05) is 25.7 Å². The van der Waals surface area contributed by atoms with Gasteiger partial charge in [0.1, 0.15) is 0 Å². The minimum absolute atomic E-state index is 0.136. The third-order valence-corrected chi connectivity index (χ3v) is 3.93. The molecule has 1 rings (SSSR count). The molecule has 1 aliphatic carbocycles. The van der Waals surface area contributed by atoms with E-state index in [0.29, 0.717) is 25.6 Å². The van der Waals surface area contributed by atoms with Crippen LogP contribution in [0.1, 0.15) is 45.4 Å². The normalized spacial score (nSPS) is 17.7. The van der Waals surface area contributed by atoms with Crippen molar-refractivity contribution in [2.45, 2.75) is 57.6 Å². The van der Waals surface area contributed by atoms with Gasteiger partial charge in [0.15, 0.2) is 0 Å². The van der Waals surface area contributed by atoms with Crippen molar-refractivity contribution in [1.82, 2.24) is 15.5 Å². The van der Waals surface area contributed by atoms with E-state index in [0.717, 1.165) is 13.0 Å². The maximum absolute atomic E-state index is 11.5. The molecule has 5 heteroatoms. The molecule has 1 atom stereocenters. The minimum atomic E-state index is -0.311. The summed E-state index contributed by atoms with van der Waals surface area (Å²) in [5.74, 6) is 0. The van der Waals surface area contributed by atoms with E-state index in [2.05, 4.69) is 22.6 Å². The van der Waals surface area contributed by atoms with E-state index in [-0.39, 0.29) is 12.1 Å². The van der Waals surface area contributed by atoms with E-state index in [4.69, 9.17) is 0 Å². The third-order valence-electron chi connectivity index (χ3n) is 3.93. The molecule has 1 aliphatic rings. The van der Waals surface area contributed by atoms with Crippen LogP contribution in [0.4, 0.5) is 4.79 Å². The van der Waals surface area contributed by atoms with Crippen molar-refractivity contribution in [3.05, 3.63) is 0 Å². The second-order valence-corrected chi connectivity index (χ2v) is 5.45. The highest BCUT2D eigenvalue weighted by Crippen LogP contribution is 2.21. The summed E-state index contributed by atoms with van der Waals surface area (Å²) in [7, 11) is 2.13. The van der Waals surface area contributed by atoms with Gasteiger partial charge in [-0.05, 0) is 32.7 Å². The highest BCUT2D eigenvalue weighted by atomic mass is 16.3. The number of nitrogens with zero attached hydrogens (tertiary/aromatic N) is 1. The van der Waals surface area contributed by atoms with Crippen LogP contribution in [0, 0.1) is 0 Å². The molecule has 2 amide bonds. The highest BCUT2D eigenvalue weighted by molar-refractivity contribution is 5.73. The Bertz CT molecular complexity index is 255. The number of hydrogen-bond donors (Lipinski definition) is 3. The molecule has 19 heavy (non-hydrogen) atoms. The van der Waals surface area contributed by atoms with Crippen LogP contribution < -0.4 is 10.6 Å². The molecule has 0 spiro atoms. The molecule has 1 saturated carbocycles. The lowest BCUT2D eigenvalue weighted by molar-refractivity contribution is 0.160. The number of rotatable bonds is 8. The first kappa shape index (κ1) is 16.2. The first-order valence-electron chi connectivity index (χ1n) is 7.53. The summed E-state index contributed by atoms with van der Waals surface area (Å²) in [5.41, 5.74) is 0. The second-order valence-electron chi connectivity index (χ2n) is 5.45. The largest absolute Gasteiger partial charge is 0.393 e. The Kier molecular flexibility index (Phi) is 7.82. The number of carbonyl (C=O) groups is 1. The highest BCUT2D eigenvalue weighted by Gasteiger charge is 2.18. The molecule has 0 aliphatic heterocycles. The molecule has 0 bridgehead atoms. The van der Waals surface area contributed by atoms with Gasteiger partial charge in [0.25, 0.3) is 0 Å². The zero-order valence-electron chi connectivity index (χ0n) is 12.3. The van der Waals surface area contributed by atoms with Crippen LogP contribution in [0.3, 0.4) is 0 Å². The van der Waals surface area contributed by atoms with Crippen molar-refractivity contribution >= 4 is 6.03 Å². The zero-order chi connectivity index (χ0) is 14.1. The molecule has 3 N–H and O–H groups in total. The molecule has 0 saturated heterocycles. The van der Waals surface area contributed by atoms with E-state index in [9.17, 15) is 9.90 Å². The van der Waals surface area contributed by atoms with Crippen LogP contribution in [-0.2, 0) is 0 Å². The summed E-state index contributed by atoms with van der Waals surface area (Å²) >= 11 is 0. The summed E-state index contributed by atoms with van der Waals surface area (Å²) < 4.78 is 0. The minimum Gasteiger partial charge on any atom is -0.393 e. The molecule has 0 aromatic carbocycles. The van der Waals surface area contributed by atoms with Crippen LogP contribution in [0.5, 0.6) is 0 Å². The molecule has 1 unspecified atom stereocenters. The summed E-state index contributed by atoms with van der Waals surface area (Å²) in [4.78, 5) is 13.8. The number of aliphatic hydroxyl groups is 1. The van der Waals surface area contributed by atoms with Gasteiger partial charge >= 0.3 is 6.03 Å². The fraction of sp³-hybridized carbons (Fsp3) is 0.929. The summed E-state index contributed by atoms with van der Waals surface area (Å²) in [6.07, 6.45) is 6.29. The Labute approximate surface area is 116 Å². The van der Waals surface area contributed by atoms with Crippen LogP contribution in [0.25, 0.3) is 0 Å². The van der Waals surface area contributed by atoms with E-state index in [1.165, 1.54) is 25.7 Å². The van der Waals surface area contributed by atoms with Crippen molar-refractivity contribution in [3.63, 3.8) is 0 Å². The van der Waals surface area contributed by atoms with Crippen molar-refractivity contribution in [3.8, 4) is 0 Å². The maximum Gasteiger partial charge on any atom is 0.314 e. The summed E-state index contributed by atoms with van der Waals surface area (Å²) in [6.45, 7) is 4.04. The molecule has 0 aromatic rings. The summed E-state index contributed by atoms with van der Waals surface area (Å²) in [6, 6.07) is 0.563. The molecular formula is C14H29N3O2. The number of aliphatic hydroxyl groups excluding tert-OH is 1. The van der Waals surface area contributed by atoms with Gasteiger partial charge < -0.3 is 20.6 Å². The Hall–Kier alpha value is -0.810. The molecule has 112 valence electrons. The van der Waals surface area contributed by atoms with Gasteiger partial charge in [-0.15, -0.1) is 0 Å². The topological polar surface area (TPSA) is 64.6 Å². The van der Waals surface area contributed by atoms with Gasteiger partial charge in [-0.25, -0.2) is 4.79 Å². The van der Waals surface area contributed by atoms with E-state index in [1.807, 2.05) is 6.92 Å². The van der Waals surface area contributed by atoms with Crippen LogP contribution in [-0.4, -0.2) is 54.9 Å². The maximum atomic E-state index is 11.5. The summed E-state index contributed by atoms with van der Waals surface area (Å²) in [5, 5.41) is 15.0. The van der Waals surface area contributed by atoms with Crippen molar-refractivity contribution in [2.24, 2.45) is 0 Å². The zero-order valence-corrected chi connectivity index (χ0v) is 12.3. The second kappa shape index (κ2) is 9.15. The standard InChI is InChI=1S/C14H29N3O2/c1-3-13(18)8-9-15-14(19)16-10-11-17(2)12-6-4-5-7-12/h12-13,18H,3-11H2,1-2H3,(H2,15,16,19). The molecule has 5 nitrogen and oxygen atoms in total. The first-order valence-corrected chi connectivity index (χ1v) is 7.53. The van der Waals surface area contributed by atoms with Crippen LogP contribution in [0.2, 0.25) is 0 Å². The smallest absolute Gasteiger partial charge is 0.314 e. The number of nitrogens with one attached hydrogen (secondary N) is 2. The van der Waals surface area contributed by atoms with E-state index >= 15 is 0 Å². The molecular weight excluding hydrogens is 242 g/mol. The Balaban J connectivity index is 2.00. The average molecular weight is 271 g/mol. The molecule has 0 radical (unpaired) electrons. The Morgan fingerprint density at radius 3 is 2.58 bits per heavy atom. The SMILES string of the molecule is CCC(O)CCNC(=O)NCCN(C)C1CCCC1. The molecule has 0 heterocycles. The number of amides is 2. The van der Waals surface area contributed by atoms with Crippen molar-refractivity contribution < 1.29 is 9.90 Å². The van der Waals surface area contributed by atoms with Crippen molar-refractivity contribution in [1.29, 1.82) is 0 Å². The number of carbonyl (C=O) groups excluding carboxylic acids is 1. The monoisotopic (exact) mass is 271 g/mol. The Morgan fingerprint density at radius 1 is 1.32 bits per heavy atom. The third kappa shape index (κ3) is 6.78. The first-order chi connectivity index (χ1) is 9.13. The predicted molar refractivity (Wildman–Crippen MR) is 77.2 cm³/mol. The van der Waals surface area contributed by atoms with E-state index in [1.54, 1.807) is 0 Å². The predicted octanol–water partition coefficient (Wildman–Crippen LogP) is 1.32. The quantitative estimate of drug-likeness (QED) is 0.624. The number of likely N-dealkylation sites (N-methyl/N-ethyl adjacent to an activating group) is 1. The average Bonchev–Trinajstić information content (AvgIpc) is 2.92. The van der Waals surface area contributed by atoms with Crippen LogP contribution >= 0.6 is 0 Å². The van der Waals surface area contributed by atoms with Gasteiger partial charge in [-0.1, -0.05) is 19.8 Å². The van der Waals surface area contributed by atoms with Gasteiger partial charge in [0.2, 0.25) is 0 Å². The number of hydrogen-bond acceptors (Lipinski definition) is 3. The lowest BCUT2D eigenvalue weighted by Crippen LogP contribution is -2.42. The lowest BCUT2D eigenvalue weighted by Gasteiger charge is -2.23. The fourth-order valence-corrected chi connectivity index (χ4v) is 2.49. The van der Waals surface area contributed by atoms with Gasteiger partial charge in [-0.2, -0.15) is 0 Å². The van der Waals surface area contributed by atoms with Crippen molar-refractivity contribution in [2.75, 3.05) is 26.7 Å². The van der Waals surface area contributed by atoms with Crippen LogP contribution in [0.15, 0.2) is 0 Å². The molecule has 0 aromatic heterocycles. The van der Waals surface area contributed by atoms with E-state index < -0.39 is 0 Å². The lowest BCUT2D eigenvalue weighted by atomic mass is 10.2.